The molecule has 122 valence electrons. The summed E-state index contributed by atoms with van der Waals surface area (Å²) in [6.07, 6.45) is 13.2. The summed E-state index contributed by atoms with van der Waals surface area (Å²) in [5, 5.41) is 0. The van der Waals surface area contributed by atoms with Crippen molar-refractivity contribution in [2.24, 2.45) is 29.6 Å². The van der Waals surface area contributed by atoms with Gasteiger partial charge in [-0.2, -0.15) is 0 Å². The van der Waals surface area contributed by atoms with Gasteiger partial charge >= 0.3 is 0 Å². The smallest absolute Gasteiger partial charge is 0.1000 e. The number of rotatable bonds is 1. The Hall–Kier alpha value is -1.83. The number of aromatic nitrogens is 2. The van der Waals surface area contributed by atoms with E-state index in [2.05, 4.69) is 41.0 Å². The van der Waals surface area contributed by atoms with Crippen molar-refractivity contribution >= 4 is 6.08 Å². The molecule has 5 aliphatic rings. The first kappa shape index (κ1) is 13.5. The van der Waals surface area contributed by atoms with E-state index >= 15 is 0 Å². The van der Waals surface area contributed by atoms with Crippen molar-refractivity contribution in [1.82, 2.24) is 9.55 Å². The lowest BCUT2D eigenvalue weighted by Gasteiger charge is -2.38. The van der Waals surface area contributed by atoms with E-state index in [1.165, 1.54) is 55.6 Å². The quantitative estimate of drug-likeness (QED) is 0.733. The Morgan fingerprint density at radius 2 is 1.71 bits per heavy atom. The molecular formula is C22H24N2. The number of fused-ring (bicyclic) bond motifs is 1. The molecule has 24 heavy (non-hydrogen) atoms. The molecule has 4 fully saturated rings. The fraction of sp³-hybridized carbons (Fsp3) is 0.500. The van der Waals surface area contributed by atoms with Crippen LogP contribution in [0.1, 0.15) is 43.5 Å². The lowest BCUT2D eigenvalue weighted by Crippen LogP contribution is -2.28. The molecule has 4 saturated carbocycles. The highest BCUT2D eigenvalue weighted by Crippen LogP contribution is 2.57. The van der Waals surface area contributed by atoms with Crippen LogP contribution in [0.25, 0.3) is 11.8 Å². The maximum atomic E-state index is 4.82. The summed E-state index contributed by atoms with van der Waals surface area (Å²) < 4.78 is 2.30. The number of hydrogen-bond donors (Lipinski definition) is 0. The van der Waals surface area contributed by atoms with Crippen LogP contribution >= 0.6 is 0 Å². The predicted octanol–water partition coefficient (Wildman–Crippen LogP) is 4.88. The Morgan fingerprint density at radius 1 is 0.917 bits per heavy atom. The van der Waals surface area contributed by atoms with E-state index in [-0.39, 0.29) is 0 Å². The van der Waals surface area contributed by atoms with Crippen molar-refractivity contribution in [2.75, 3.05) is 0 Å². The Morgan fingerprint density at radius 3 is 2.50 bits per heavy atom. The fourth-order valence-corrected chi connectivity index (χ4v) is 6.45. The summed E-state index contributed by atoms with van der Waals surface area (Å²) in [6, 6.07) is 10.7. The van der Waals surface area contributed by atoms with E-state index in [1.54, 1.807) is 5.57 Å². The van der Waals surface area contributed by atoms with Crippen LogP contribution in [0.15, 0.2) is 42.2 Å². The zero-order chi connectivity index (χ0) is 15.7. The normalized spacial score (nSPS) is 36.0. The van der Waals surface area contributed by atoms with E-state index in [9.17, 15) is 0 Å². The summed E-state index contributed by atoms with van der Waals surface area (Å²) in [5.74, 6) is 4.61. The second kappa shape index (κ2) is 4.84. The molecule has 0 aliphatic heterocycles. The van der Waals surface area contributed by atoms with Crippen molar-refractivity contribution in [1.29, 1.82) is 0 Å². The van der Waals surface area contributed by atoms with E-state index < -0.39 is 0 Å². The fourth-order valence-electron chi connectivity index (χ4n) is 6.45. The van der Waals surface area contributed by atoms with Crippen molar-refractivity contribution < 1.29 is 0 Å². The van der Waals surface area contributed by atoms with E-state index in [4.69, 9.17) is 4.98 Å². The van der Waals surface area contributed by atoms with Gasteiger partial charge in [0.2, 0.25) is 0 Å². The molecule has 2 heteroatoms. The molecular weight excluding hydrogens is 292 g/mol. The van der Waals surface area contributed by atoms with E-state index in [0.717, 1.165) is 29.6 Å². The van der Waals surface area contributed by atoms with Gasteiger partial charge in [0.25, 0.3) is 0 Å². The van der Waals surface area contributed by atoms with Crippen LogP contribution in [0.3, 0.4) is 0 Å². The number of allylic oxidation sites excluding steroid dienone is 1. The first-order valence-electron chi connectivity index (χ1n) is 9.68. The van der Waals surface area contributed by atoms with Crippen molar-refractivity contribution in [3.05, 3.63) is 53.6 Å². The minimum absolute atomic E-state index is 0.789. The number of nitrogens with zero attached hydrogens (tertiary/aromatic N) is 2. The molecule has 0 radical (unpaired) electrons. The van der Waals surface area contributed by atoms with Crippen LogP contribution < -0.4 is 0 Å². The number of hydrogen-bond acceptors (Lipinski definition) is 1. The predicted molar refractivity (Wildman–Crippen MR) is 95.8 cm³/mol. The van der Waals surface area contributed by atoms with Crippen LogP contribution in [0.4, 0.5) is 0 Å². The second-order valence-electron chi connectivity index (χ2n) is 8.60. The molecule has 0 spiro atoms. The van der Waals surface area contributed by atoms with Gasteiger partial charge in [-0.25, -0.2) is 4.98 Å². The standard InChI is InChI=1S/C22H24N2/c1-2-4-18(5-3-1)24-13-23-21-11-19-16-7-14-6-15(8-16)10-17(9-14)20(19)12-22(21)24/h1-5,12-17,19H,6-11H2. The number of imidazole rings is 1. The summed E-state index contributed by atoms with van der Waals surface area (Å²) in [4.78, 5) is 4.82. The molecule has 1 aromatic heterocycles. The second-order valence-corrected chi connectivity index (χ2v) is 8.60. The van der Waals surface area contributed by atoms with Gasteiger partial charge in [0, 0.05) is 5.69 Å². The van der Waals surface area contributed by atoms with Gasteiger partial charge in [-0.1, -0.05) is 23.8 Å². The molecule has 2 nitrogen and oxygen atoms in total. The molecule has 3 unspecified atom stereocenters. The Bertz CT molecular complexity index is 802. The minimum atomic E-state index is 0.789. The van der Waals surface area contributed by atoms with Gasteiger partial charge in [-0.15, -0.1) is 0 Å². The zero-order valence-corrected chi connectivity index (χ0v) is 14.1. The van der Waals surface area contributed by atoms with Crippen LogP contribution in [0, 0.1) is 29.6 Å². The number of para-hydroxylation sites is 1. The van der Waals surface area contributed by atoms with Gasteiger partial charge in [-0.3, -0.25) is 4.57 Å². The third-order valence-electron chi connectivity index (χ3n) is 7.28. The van der Waals surface area contributed by atoms with Crippen molar-refractivity contribution in [3.63, 3.8) is 0 Å². The van der Waals surface area contributed by atoms with E-state index in [1.807, 2.05) is 6.33 Å². The van der Waals surface area contributed by atoms with Crippen LogP contribution in [0.5, 0.6) is 0 Å². The van der Waals surface area contributed by atoms with Gasteiger partial charge in [0.1, 0.15) is 0 Å². The molecule has 2 aromatic rings. The van der Waals surface area contributed by atoms with Gasteiger partial charge in [-0.05, 0) is 86.3 Å². The molecule has 0 N–H and O–H groups in total. The van der Waals surface area contributed by atoms with Crippen LogP contribution in [-0.4, -0.2) is 9.55 Å². The van der Waals surface area contributed by atoms with Gasteiger partial charge in [0.15, 0.2) is 0 Å². The topological polar surface area (TPSA) is 17.8 Å². The third kappa shape index (κ3) is 1.86. The third-order valence-corrected chi connectivity index (χ3v) is 7.28. The summed E-state index contributed by atoms with van der Waals surface area (Å²) in [6.45, 7) is 0. The summed E-state index contributed by atoms with van der Waals surface area (Å²) in [7, 11) is 0. The first-order valence-corrected chi connectivity index (χ1v) is 9.68. The molecule has 1 heterocycles. The van der Waals surface area contributed by atoms with Crippen molar-refractivity contribution in [2.45, 2.75) is 38.5 Å². The average molecular weight is 316 g/mol. The average Bonchev–Trinajstić information content (AvgIpc) is 2.96. The SMILES string of the molecule is C1=C2C3CC4CC(C3)CC(C4)C2Cc2ncn(-c3ccccc3)c21. The Balaban J connectivity index is 1.48. The van der Waals surface area contributed by atoms with Crippen molar-refractivity contribution in [3.8, 4) is 5.69 Å². The highest BCUT2D eigenvalue weighted by atomic mass is 15.1. The Kier molecular flexibility index (Phi) is 2.72. The maximum absolute atomic E-state index is 4.82. The highest BCUT2D eigenvalue weighted by Gasteiger charge is 2.47. The van der Waals surface area contributed by atoms with Crippen LogP contribution in [-0.2, 0) is 6.42 Å². The molecule has 7 rings (SSSR count). The highest BCUT2D eigenvalue weighted by molar-refractivity contribution is 5.60. The molecule has 1 aromatic carbocycles. The first-order chi connectivity index (χ1) is 11.8. The lowest BCUT2D eigenvalue weighted by molar-refractivity contribution is 0.125. The minimum Gasteiger partial charge on any atom is -0.299 e. The maximum Gasteiger partial charge on any atom is 0.1000 e. The van der Waals surface area contributed by atoms with Crippen LogP contribution in [0.2, 0.25) is 0 Å². The number of benzene rings is 1. The Labute approximate surface area is 143 Å². The monoisotopic (exact) mass is 316 g/mol. The zero-order valence-electron chi connectivity index (χ0n) is 14.1. The molecule has 5 aliphatic carbocycles. The van der Waals surface area contributed by atoms with E-state index in [0.29, 0.717) is 0 Å². The van der Waals surface area contributed by atoms with Gasteiger partial charge in [0.05, 0.1) is 17.7 Å². The molecule has 0 saturated heterocycles. The van der Waals surface area contributed by atoms with Gasteiger partial charge < -0.3 is 0 Å². The molecule has 4 bridgehead atoms. The summed E-state index contributed by atoms with van der Waals surface area (Å²) in [5.41, 5.74) is 5.71. The molecule has 0 amide bonds. The molecule has 3 atom stereocenters. The lowest BCUT2D eigenvalue weighted by atomic mass is 9.67. The largest absolute Gasteiger partial charge is 0.299 e. The summed E-state index contributed by atoms with van der Waals surface area (Å²) >= 11 is 0.